The summed E-state index contributed by atoms with van der Waals surface area (Å²) >= 11 is 1.34. The van der Waals surface area contributed by atoms with Crippen LogP contribution in [0.15, 0.2) is 30.5 Å². The average Bonchev–Trinajstić information content (AvgIpc) is 2.56. The number of hydrogen-bond acceptors (Lipinski definition) is 4. The van der Waals surface area contributed by atoms with E-state index in [1.165, 1.54) is 11.3 Å². The number of nitrogens with zero attached hydrogens (tertiary/aromatic N) is 1. The molecule has 0 atom stereocenters. The fourth-order valence-electron chi connectivity index (χ4n) is 1.08. The molecular weight excluding hydrogens is 196 g/mol. The van der Waals surface area contributed by atoms with Gasteiger partial charge in [-0.2, -0.15) is 0 Å². The minimum absolute atomic E-state index is 0.580. The van der Waals surface area contributed by atoms with Crippen LogP contribution in [-0.4, -0.2) is 4.98 Å². The van der Waals surface area contributed by atoms with Gasteiger partial charge in [0.1, 0.15) is 10.8 Å². The summed E-state index contributed by atoms with van der Waals surface area (Å²) < 4.78 is 5.56. The molecule has 0 saturated heterocycles. The highest BCUT2D eigenvalue weighted by molar-refractivity contribution is 7.17. The van der Waals surface area contributed by atoms with Crippen LogP contribution < -0.4 is 10.5 Å². The van der Waals surface area contributed by atoms with Crippen molar-refractivity contribution < 1.29 is 4.74 Å². The molecule has 2 aromatic rings. The molecule has 0 aliphatic carbocycles. The van der Waals surface area contributed by atoms with Crippen LogP contribution >= 0.6 is 11.3 Å². The van der Waals surface area contributed by atoms with Gasteiger partial charge in [0.25, 0.3) is 5.19 Å². The molecule has 0 radical (unpaired) electrons. The molecule has 0 unspecified atom stereocenters. The number of rotatable bonds is 2. The minimum atomic E-state index is 0.580. The van der Waals surface area contributed by atoms with Crippen LogP contribution in [0.4, 0.5) is 5.00 Å². The van der Waals surface area contributed by atoms with Gasteiger partial charge >= 0.3 is 0 Å². The van der Waals surface area contributed by atoms with Crippen LogP contribution in [0.1, 0.15) is 5.56 Å². The molecule has 0 fully saturated rings. The van der Waals surface area contributed by atoms with Gasteiger partial charge in [-0.3, -0.25) is 0 Å². The SMILES string of the molecule is Cc1ccccc1Oc1ncc(N)s1. The van der Waals surface area contributed by atoms with Crippen molar-refractivity contribution in [2.45, 2.75) is 6.92 Å². The predicted octanol–water partition coefficient (Wildman–Crippen LogP) is 2.83. The Balaban J connectivity index is 2.23. The highest BCUT2D eigenvalue weighted by Crippen LogP contribution is 2.29. The normalized spacial score (nSPS) is 10.1. The maximum atomic E-state index is 5.56. The van der Waals surface area contributed by atoms with Crippen LogP contribution in [0, 0.1) is 6.92 Å². The predicted molar refractivity (Wildman–Crippen MR) is 57.8 cm³/mol. The third kappa shape index (κ3) is 1.85. The van der Waals surface area contributed by atoms with Crippen molar-refractivity contribution in [2.75, 3.05) is 5.73 Å². The van der Waals surface area contributed by atoms with Crippen LogP contribution in [0.25, 0.3) is 0 Å². The Morgan fingerprint density at radius 3 is 2.79 bits per heavy atom. The Bertz CT molecular complexity index is 439. The third-order valence-electron chi connectivity index (χ3n) is 1.79. The van der Waals surface area contributed by atoms with Gasteiger partial charge in [-0.05, 0) is 18.6 Å². The van der Waals surface area contributed by atoms with Gasteiger partial charge in [0.2, 0.25) is 0 Å². The van der Waals surface area contributed by atoms with E-state index in [0.717, 1.165) is 11.3 Å². The Kier molecular flexibility index (Phi) is 2.37. The first kappa shape index (κ1) is 9.02. The molecular formula is C10H10N2OS. The van der Waals surface area contributed by atoms with E-state index >= 15 is 0 Å². The second kappa shape index (κ2) is 3.67. The summed E-state index contributed by atoms with van der Waals surface area (Å²) in [4.78, 5) is 4.02. The molecule has 3 nitrogen and oxygen atoms in total. The van der Waals surface area contributed by atoms with Gasteiger partial charge < -0.3 is 10.5 Å². The number of aromatic nitrogens is 1. The van der Waals surface area contributed by atoms with Crippen molar-refractivity contribution in [3.8, 4) is 10.9 Å². The van der Waals surface area contributed by atoms with Crippen molar-refractivity contribution >= 4 is 16.3 Å². The average molecular weight is 206 g/mol. The highest BCUT2D eigenvalue weighted by atomic mass is 32.1. The zero-order valence-electron chi connectivity index (χ0n) is 7.73. The van der Waals surface area contributed by atoms with Crippen LogP contribution in [0.2, 0.25) is 0 Å². The molecule has 2 rings (SSSR count). The highest BCUT2D eigenvalue weighted by Gasteiger charge is 2.03. The molecule has 4 heteroatoms. The van der Waals surface area contributed by atoms with E-state index in [-0.39, 0.29) is 0 Å². The zero-order chi connectivity index (χ0) is 9.97. The molecule has 0 aliphatic heterocycles. The fourth-order valence-corrected chi connectivity index (χ4v) is 1.63. The molecule has 1 heterocycles. The lowest BCUT2D eigenvalue weighted by molar-refractivity contribution is 0.475. The molecule has 1 aromatic heterocycles. The van der Waals surface area contributed by atoms with Gasteiger partial charge in [0.15, 0.2) is 0 Å². The van der Waals surface area contributed by atoms with E-state index in [1.807, 2.05) is 31.2 Å². The molecule has 0 amide bonds. The van der Waals surface area contributed by atoms with E-state index in [1.54, 1.807) is 6.20 Å². The number of nitrogens with two attached hydrogens (primary N) is 1. The van der Waals surface area contributed by atoms with Gasteiger partial charge in [0, 0.05) is 0 Å². The van der Waals surface area contributed by atoms with Gasteiger partial charge in [0.05, 0.1) is 6.20 Å². The topological polar surface area (TPSA) is 48.1 Å². The molecule has 0 aliphatic rings. The van der Waals surface area contributed by atoms with Gasteiger partial charge in [-0.1, -0.05) is 29.5 Å². The summed E-state index contributed by atoms with van der Waals surface area (Å²) in [6.07, 6.45) is 1.60. The largest absolute Gasteiger partial charge is 0.431 e. The Morgan fingerprint density at radius 1 is 1.36 bits per heavy atom. The second-order valence-electron chi connectivity index (χ2n) is 2.90. The summed E-state index contributed by atoms with van der Waals surface area (Å²) in [6, 6.07) is 7.80. The number of nitrogen functional groups attached to an aromatic ring is 1. The summed E-state index contributed by atoms with van der Waals surface area (Å²) in [5.41, 5.74) is 6.63. The van der Waals surface area contributed by atoms with E-state index in [0.29, 0.717) is 10.2 Å². The first-order valence-electron chi connectivity index (χ1n) is 4.20. The Labute approximate surface area is 86.2 Å². The summed E-state index contributed by atoms with van der Waals surface area (Å²) in [6.45, 7) is 1.99. The van der Waals surface area contributed by atoms with E-state index < -0.39 is 0 Å². The van der Waals surface area contributed by atoms with Crippen molar-refractivity contribution in [1.29, 1.82) is 0 Å². The van der Waals surface area contributed by atoms with Crippen molar-refractivity contribution in [3.05, 3.63) is 36.0 Å². The standard InChI is InChI=1S/C10H10N2OS/c1-7-4-2-3-5-8(7)13-10-12-6-9(11)14-10/h2-6H,11H2,1H3. The van der Waals surface area contributed by atoms with Gasteiger partial charge in [-0.15, -0.1) is 0 Å². The molecule has 1 aromatic carbocycles. The first-order valence-corrected chi connectivity index (χ1v) is 5.02. The summed E-state index contributed by atoms with van der Waals surface area (Å²) in [5, 5.41) is 1.24. The van der Waals surface area contributed by atoms with Gasteiger partial charge in [-0.25, -0.2) is 4.98 Å². The molecule has 0 bridgehead atoms. The number of benzene rings is 1. The number of aryl methyl sites for hydroxylation is 1. The van der Waals surface area contributed by atoms with Crippen molar-refractivity contribution in [2.24, 2.45) is 0 Å². The van der Waals surface area contributed by atoms with Crippen molar-refractivity contribution in [3.63, 3.8) is 0 Å². The number of thiazole rings is 1. The Hall–Kier alpha value is -1.55. The van der Waals surface area contributed by atoms with E-state index in [9.17, 15) is 0 Å². The molecule has 72 valence electrons. The summed E-state index contributed by atoms with van der Waals surface area (Å²) in [5.74, 6) is 0.821. The lowest BCUT2D eigenvalue weighted by Gasteiger charge is -2.03. The quantitative estimate of drug-likeness (QED) is 0.821. The fraction of sp³-hybridized carbons (Fsp3) is 0.100. The second-order valence-corrected chi connectivity index (χ2v) is 3.92. The zero-order valence-corrected chi connectivity index (χ0v) is 8.54. The minimum Gasteiger partial charge on any atom is -0.431 e. The van der Waals surface area contributed by atoms with E-state index in [2.05, 4.69) is 4.98 Å². The first-order chi connectivity index (χ1) is 6.75. The summed E-state index contributed by atoms with van der Waals surface area (Å²) in [7, 11) is 0. The van der Waals surface area contributed by atoms with Crippen LogP contribution in [-0.2, 0) is 0 Å². The number of ether oxygens (including phenoxy) is 1. The molecule has 2 N–H and O–H groups in total. The third-order valence-corrected chi connectivity index (χ3v) is 2.50. The van der Waals surface area contributed by atoms with Crippen LogP contribution in [0.5, 0.6) is 10.9 Å². The number of anilines is 1. The maximum Gasteiger partial charge on any atom is 0.280 e. The lowest BCUT2D eigenvalue weighted by Crippen LogP contribution is -1.85. The van der Waals surface area contributed by atoms with E-state index in [4.69, 9.17) is 10.5 Å². The van der Waals surface area contributed by atoms with Crippen LogP contribution in [0.3, 0.4) is 0 Å². The van der Waals surface area contributed by atoms with Crippen molar-refractivity contribution in [1.82, 2.24) is 4.98 Å². The number of para-hydroxylation sites is 1. The molecule has 14 heavy (non-hydrogen) atoms. The monoisotopic (exact) mass is 206 g/mol. The number of hydrogen-bond donors (Lipinski definition) is 1. The molecule has 0 saturated carbocycles. The maximum absolute atomic E-state index is 5.56. The molecule has 0 spiro atoms. The smallest absolute Gasteiger partial charge is 0.280 e. The Morgan fingerprint density at radius 2 is 2.14 bits per heavy atom. The lowest BCUT2D eigenvalue weighted by atomic mass is 10.2.